The maximum absolute atomic E-state index is 12.7. The molecule has 0 heterocycles. The summed E-state index contributed by atoms with van der Waals surface area (Å²) in [6.45, 7) is 1.42. The zero-order valence-electron chi connectivity index (χ0n) is 18.2. The molecule has 1 aliphatic rings. The molecule has 0 aliphatic heterocycles. The number of anilines is 1. The summed E-state index contributed by atoms with van der Waals surface area (Å²) in [7, 11) is -2.35. The number of para-hydroxylation sites is 1. The monoisotopic (exact) mass is 460 g/mol. The van der Waals surface area contributed by atoms with Gasteiger partial charge in [-0.2, -0.15) is 0 Å². The second-order valence-electron chi connectivity index (χ2n) is 7.76. The third-order valence-electron chi connectivity index (χ3n) is 5.35. The Hall–Kier alpha value is -2.91. The summed E-state index contributed by atoms with van der Waals surface area (Å²) in [4.78, 5) is 24.3. The van der Waals surface area contributed by atoms with Crippen molar-refractivity contribution in [3.63, 3.8) is 0 Å². The van der Waals surface area contributed by atoms with Crippen molar-refractivity contribution in [2.24, 2.45) is 0 Å². The van der Waals surface area contributed by atoms with Crippen LogP contribution in [-0.2, 0) is 19.6 Å². The van der Waals surface area contributed by atoms with Crippen LogP contribution in [0.25, 0.3) is 0 Å². The van der Waals surface area contributed by atoms with Crippen LogP contribution in [0.3, 0.4) is 0 Å². The molecule has 8 nitrogen and oxygen atoms in total. The lowest BCUT2D eigenvalue weighted by atomic mass is 9.96. The molecule has 0 unspecified atom stereocenters. The summed E-state index contributed by atoms with van der Waals surface area (Å²) in [6.07, 6.45) is 4.92. The van der Waals surface area contributed by atoms with E-state index in [1.165, 1.54) is 19.2 Å². The van der Waals surface area contributed by atoms with Gasteiger partial charge < -0.3 is 14.8 Å². The van der Waals surface area contributed by atoms with Gasteiger partial charge in [0.25, 0.3) is 5.91 Å². The predicted molar refractivity (Wildman–Crippen MR) is 120 cm³/mol. The Morgan fingerprint density at radius 1 is 1.06 bits per heavy atom. The molecule has 2 N–H and O–H groups in total. The predicted octanol–water partition coefficient (Wildman–Crippen LogP) is 3.41. The van der Waals surface area contributed by atoms with Crippen LogP contribution in [0.15, 0.2) is 47.4 Å². The van der Waals surface area contributed by atoms with Gasteiger partial charge in [-0.15, -0.1) is 0 Å². The first kappa shape index (κ1) is 23.7. The van der Waals surface area contributed by atoms with Crippen molar-refractivity contribution < 1.29 is 27.5 Å². The summed E-state index contributed by atoms with van der Waals surface area (Å²) in [5.41, 5.74) is 1.15. The maximum Gasteiger partial charge on any atom is 0.339 e. The van der Waals surface area contributed by atoms with E-state index in [0.717, 1.165) is 32.1 Å². The lowest BCUT2D eigenvalue weighted by Crippen LogP contribution is -2.36. The fraction of sp³-hybridized carbons (Fsp3) is 0.391. The normalized spacial score (nSPS) is 14.6. The summed E-state index contributed by atoms with van der Waals surface area (Å²) in [5, 5.41) is 2.63. The fourth-order valence-electron chi connectivity index (χ4n) is 3.67. The molecule has 3 rings (SSSR count). The van der Waals surface area contributed by atoms with Crippen molar-refractivity contribution in [3.05, 3.63) is 53.6 Å². The highest BCUT2D eigenvalue weighted by atomic mass is 32.2. The van der Waals surface area contributed by atoms with Crippen LogP contribution in [-0.4, -0.2) is 40.1 Å². The maximum atomic E-state index is 12.7. The molecule has 9 heteroatoms. The number of esters is 1. The van der Waals surface area contributed by atoms with E-state index in [2.05, 4.69) is 10.0 Å². The van der Waals surface area contributed by atoms with Gasteiger partial charge in [-0.25, -0.2) is 17.9 Å². The van der Waals surface area contributed by atoms with Crippen molar-refractivity contribution in [2.45, 2.75) is 50.0 Å². The number of sulfonamides is 1. The van der Waals surface area contributed by atoms with Gasteiger partial charge in [0.1, 0.15) is 5.75 Å². The van der Waals surface area contributed by atoms with Gasteiger partial charge in [-0.1, -0.05) is 31.4 Å². The van der Waals surface area contributed by atoms with Gasteiger partial charge >= 0.3 is 5.97 Å². The second-order valence-corrected chi connectivity index (χ2v) is 9.47. The summed E-state index contributed by atoms with van der Waals surface area (Å²) in [6, 6.07) is 11.0. The van der Waals surface area contributed by atoms with Gasteiger partial charge in [0, 0.05) is 6.04 Å². The Bertz CT molecular complexity index is 1080. The van der Waals surface area contributed by atoms with E-state index < -0.39 is 21.9 Å². The Balaban J connectivity index is 1.61. The van der Waals surface area contributed by atoms with E-state index in [4.69, 9.17) is 9.47 Å². The Labute approximate surface area is 188 Å². The van der Waals surface area contributed by atoms with Gasteiger partial charge in [-0.3, -0.25) is 4.79 Å². The third-order valence-corrected chi connectivity index (χ3v) is 6.87. The van der Waals surface area contributed by atoms with Gasteiger partial charge in [0.2, 0.25) is 10.0 Å². The molecule has 1 amide bonds. The Morgan fingerprint density at radius 2 is 1.78 bits per heavy atom. The third kappa shape index (κ3) is 6.08. The molecule has 1 fully saturated rings. The molecule has 32 heavy (non-hydrogen) atoms. The Morgan fingerprint density at radius 3 is 2.47 bits per heavy atom. The number of nitrogens with one attached hydrogen (secondary N) is 2. The van der Waals surface area contributed by atoms with Gasteiger partial charge in [0.05, 0.1) is 23.3 Å². The summed E-state index contributed by atoms with van der Waals surface area (Å²) < 4.78 is 38.5. The van der Waals surface area contributed by atoms with Crippen LogP contribution >= 0.6 is 0 Å². The molecule has 0 saturated heterocycles. The first-order valence-corrected chi connectivity index (χ1v) is 12.0. The molecule has 0 atom stereocenters. The smallest absolute Gasteiger partial charge is 0.339 e. The molecule has 1 saturated carbocycles. The molecule has 2 aromatic rings. The molecule has 2 aromatic carbocycles. The molecule has 1 aliphatic carbocycles. The molecule has 0 aromatic heterocycles. The molecule has 0 spiro atoms. The van der Waals surface area contributed by atoms with Crippen molar-refractivity contribution >= 4 is 27.6 Å². The minimum Gasteiger partial charge on any atom is -0.483 e. The van der Waals surface area contributed by atoms with Crippen molar-refractivity contribution in [1.29, 1.82) is 0 Å². The van der Waals surface area contributed by atoms with Gasteiger partial charge in [-0.05, 0) is 55.7 Å². The standard InChI is InChI=1S/C23H28N2O6S/c1-16-14-18(32(28,29)25-17-8-4-3-5-9-17)12-13-21(16)31-15-22(26)24-20-11-7-6-10-19(20)23(27)30-2/h6-7,10-14,17,25H,3-5,8-9,15H2,1-2H3,(H,24,26). The van der Waals surface area contributed by atoms with E-state index in [-0.39, 0.29) is 23.1 Å². The average molecular weight is 461 g/mol. The molecular weight excluding hydrogens is 432 g/mol. The number of aryl methyl sites for hydroxylation is 1. The van der Waals surface area contributed by atoms with Gasteiger partial charge in [0.15, 0.2) is 6.61 Å². The topological polar surface area (TPSA) is 111 Å². The van der Waals surface area contributed by atoms with Crippen molar-refractivity contribution in [2.75, 3.05) is 19.0 Å². The number of amides is 1. The number of rotatable bonds is 8. The first-order chi connectivity index (χ1) is 15.3. The number of carbonyl (C=O) groups excluding carboxylic acids is 2. The van der Waals surface area contributed by atoms with E-state index in [0.29, 0.717) is 17.0 Å². The number of benzene rings is 2. The fourth-order valence-corrected chi connectivity index (χ4v) is 5.06. The van der Waals surface area contributed by atoms with Crippen LogP contribution in [0, 0.1) is 6.92 Å². The number of hydrogen-bond acceptors (Lipinski definition) is 6. The number of methoxy groups -OCH3 is 1. The van der Waals surface area contributed by atoms with Crippen molar-refractivity contribution in [1.82, 2.24) is 4.72 Å². The van der Waals surface area contributed by atoms with Crippen LogP contribution in [0.4, 0.5) is 5.69 Å². The molecule has 0 radical (unpaired) electrons. The lowest BCUT2D eigenvalue weighted by Gasteiger charge is -2.22. The number of hydrogen-bond donors (Lipinski definition) is 2. The average Bonchev–Trinajstić information content (AvgIpc) is 2.78. The number of ether oxygens (including phenoxy) is 2. The second kappa shape index (κ2) is 10.6. The number of carbonyl (C=O) groups is 2. The highest BCUT2D eigenvalue weighted by molar-refractivity contribution is 7.89. The van der Waals surface area contributed by atoms with E-state index in [9.17, 15) is 18.0 Å². The minimum absolute atomic E-state index is 0.0263. The van der Waals surface area contributed by atoms with Crippen LogP contribution in [0.2, 0.25) is 0 Å². The summed E-state index contributed by atoms with van der Waals surface area (Å²) >= 11 is 0. The summed E-state index contributed by atoms with van der Waals surface area (Å²) in [5.74, 6) is -0.620. The molecule has 172 valence electrons. The van der Waals surface area contributed by atoms with E-state index in [1.807, 2.05) is 0 Å². The first-order valence-electron chi connectivity index (χ1n) is 10.5. The SMILES string of the molecule is COC(=O)c1ccccc1NC(=O)COc1ccc(S(=O)(=O)NC2CCCCC2)cc1C. The quantitative estimate of drug-likeness (QED) is 0.584. The molecule has 0 bridgehead atoms. The zero-order valence-corrected chi connectivity index (χ0v) is 19.0. The van der Waals surface area contributed by atoms with E-state index in [1.54, 1.807) is 37.3 Å². The van der Waals surface area contributed by atoms with Crippen LogP contribution in [0.5, 0.6) is 5.75 Å². The van der Waals surface area contributed by atoms with Crippen LogP contribution in [0.1, 0.15) is 48.0 Å². The highest BCUT2D eigenvalue weighted by Crippen LogP contribution is 2.24. The molecular formula is C23H28N2O6S. The largest absolute Gasteiger partial charge is 0.483 e. The zero-order chi connectivity index (χ0) is 23.1. The van der Waals surface area contributed by atoms with Crippen LogP contribution < -0.4 is 14.8 Å². The van der Waals surface area contributed by atoms with E-state index >= 15 is 0 Å². The minimum atomic E-state index is -3.62. The lowest BCUT2D eigenvalue weighted by molar-refractivity contribution is -0.118. The van der Waals surface area contributed by atoms with Crippen molar-refractivity contribution in [3.8, 4) is 5.75 Å². The highest BCUT2D eigenvalue weighted by Gasteiger charge is 2.22. The Kier molecular flexibility index (Phi) is 7.87.